The van der Waals surface area contributed by atoms with Crippen molar-refractivity contribution in [1.29, 1.82) is 0 Å². The molecule has 28 heavy (non-hydrogen) atoms. The summed E-state index contributed by atoms with van der Waals surface area (Å²) in [5, 5.41) is 5.15. The lowest BCUT2D eigenvalue weighted by Crippen LogP contribution is -2.36. The molecule has 0 radical (unpaired) electrons. The highest BCUT2D eigenvalue weighted by molar-refractivity contribution is 5.94. The Hall–Kier alpha value is -2.87. The number of halogens is 3. The Labute approximate surface area is 161 Å². The van der Waals surface area contributed by atoms with Crippen LogP contribution in [-0.2, 0) is 4.79 Å². The number of hydrogen-bond acceptors (Lipinski definition) is 3. The normalized spacial score (nSPS) is 11.9. The molecule has 2 amide bonds. The first-order valence-electron chi connectivity index (χ1n) is 8.69. The number of nitrogens with zero attached hydrogens (tertiary/aromatic N) is 1. The molecule has 0 bridgehead atoms. The molecular weight excluding hydrogens is 371 g/mol. The summed E-state index contributed by atoms with van der Waals surface area (Å²) in [4.78, 5) is 25.8. The third kappa shape index (κ3) is 6.09. The summed E-state index contributed by atoms with van der Waals surface area (Å²) < 4.78 is 39.9. The highest BCUT2D eigenvalue weighted by atomic mass is 19.1. The Morgan fingerprint density at radius 3 is 2.36 bits per heavy atom. The third-order valence-electron chi connectivity index (χ3n) is 4.16. The molecule has 1 atom stereocenters. The number of likely N-dealkylation sites (N-methyl/N-ethyl adjacent to an activating group) is 1. The molecule has 2 rings (SSSR count). The summed E-state index contributed by atoms with van der Waals surface area (Å²) in [6.45, 7) is 0.254. The zero-order valence-corrected chi connectivity index (χ0v) is 15.6. The van der Waals surface area contributed by atoms with Crippen molar-refractivity contribution in [1.82, 2.24) is 15.5 Å². The third-order valence-corrected chi connectivity index (χ3v) is 4.16. The quantitative estimate of drug-likeness (QED) is 0.725. The SMILES string of the molecule is CN(C)C(CNC(=O)CCNC(=O)c1ccc(F)cc1F)c1cccc(F)c1. The minimum absolute atomic E-state index is 0.00587. The summed E-state index contributed by atoms with van der Waals surface area (Å²) in [5.74, 6) is -3.14. The molecule has 0 aliphatic heterocycles. The van der Waals surface area contributed by atoms with Crippen molar-refractivity contribution in [3.05, 3.63) is 71.0 Å². The van der Waals surface area contributed by atoms with Crippen LogP contribution in [0.4, 0.5) is 13.2 Å². The van der Waals surface area contributed by atoms with Gasteiger partial charge in [-0.05, 0) is 43.9 Å². The Morgan fingerprint density at radius 1 is 1.00 bits per heavy atom. The van der Waals surface area contributed by atoms with E-state index in [1.165, 1.54) is 12.1 Å². The fourth-order valence-electron chi connectivity index (χ4n) is 2.67. The molecule has 2 aromatic carbocycles. The summed E-state index contributed by atoms with van der Waals surface area (Å²) in [7, 11) is 3.64. The average Bonchev–Trinajstić information content (AvgIpc) is 2.61. The van der Waals surface area contributed by atoms with E-state index in [1.807, 2.05) is 19.0 Å². The summed E-state index contributed by atoms with van der Waals surface area (Å²) in [5.41, 5.74) is 0.436. The average molecular weight is 393 g/mol. The molecule has 0 aromatic heterocycles. The van der Waals surface area contributed by atoms with Gasteiger partial charge in [-0.25, -0.2) is 13.2 Å². The van der Waals surface area contributed by atoms with Crippen molar-refractivity contribution in [3.63, 3.8) is 0 Å². The highest BCUT2D eigenvalue weighted by Crippen LogP contribution is 2.18. The molecule has 2 aromatic rings. The van der Waals surface area contributed by atoms with Crippen LogP contribution in [0.25, 0.3) is 0 Å². The minimum atomic E-state index is -0.967. The van der Waals surface area contributed by atoms with Gasteiger partial charge in [0.1, 0.15) is 17.5 Å². The van der Waals surface area contributed by atoms with E-state index >= 15 is 0 Å². The van der Waals surface area contributed by atoms with E-state index < -0.39 is 17.5 Å². The van der Waals surface area contributed by atoms with Crippen LogP contribution in [0.3, 0.4) is 0 Å². The number of carbonyl (C=O) groups is 2. The number of hydrogen-bond donors (Lipinski definition) is 2. The molecule has 0 heterocycles. The highest BCUT2D eigenvalue weighted by Gasteiger charge is 2.16. The summed E-state index contributed by atoms with van der Waals surface area (Å²) in [6, 6.07) is 8.57. The van der Waals surface area contributed by atoms with Crippen LogP contribution in [0, 0.1) is 17.5 Å². The van der Waals surface area contributed by atoms with Crippen LogP contribution in [-0.4, -0.2) is 43.9 Å². The van der Waals surface area contributed by atoms with E-state index in [4.69, 9.17) is 0 Å². The summed E-state index contributed by atoms with van der Waals surface area (Å²) >= 11 is 0. The molecule has 0 fully saturated rings. The van der Waals surface area contributed by atoms with Gasteiger partial charge in [-0.2, -0.15) is 0 Å². The maximum absolute atomic E-state index is 13.6. The fraction of sp³-hybridized carbons (Fsp3) is 0.300. The first-order valence-corrected chi connectivity index (χ1v) is 8.69. The zero-order valence-electron chi connectivity index (χ0n) is 15.6. The maximum Gasteiger partial charge on any atom is 0.254 e. The largest absolute Gasteiger partial charge is 0.354 e. The Bertz CT molecular complexity index is 843. The topological polar surface area (TPSA) is 61.4 Å². The number of nitrogens with one attached hydrogen (secondary N) is 2. The molecule has 0 spiro atoms. The van der Waals surface area contributed by atoms with E-state index in [0.29, 0.717) is 6.07 Å². The van der Waals surface area contributed by atoms with Gasteiger partial charge < -0.3 is 15.5 Å². The van der Waals surface area contributed by atoms with Crippen LogP contribution in [0.5, 0.6) is 0 Å². The van der Waals surface area contributed by atoms with Crippen LogP contribution in [0.15, 0.2) is 42.5 Å². The van der Waals surface area contributed by atoms with E-state index in [0.717, 1.165) is 17.7 Å². The van der Waals surface area contributed by atoms with E-state index in [1.54, 1.807) is 12.1 Å². The van der Waals surface area contributed by atoms with E-state index in [-0.39, 0.29) is 42.8 Å². The molecule has 0 aliphatic carbocycles. The first-order chi connectivity index (χ1) is 13.3. The van der Waals surface area contributed by atoms with E-state index in [9.17, 15) is 22.8 Å². The zero-order chi connectivity index (χ0) is 20.7. The van der Waals surface area contributed by atoms with Crippen molar-refractivity contribution in [2.24, 2.45) is 0 Å². The fourth-order valence-corrected chi connectivity index (χ4v) is 2.67. The minimum Gasteiger partial charge on any atom is -0.354 e. The van der Waals surface area contributed by atoms with Crippen molar-refractivity contribution >= 4 is 11.8 Å². The van der Waals surface area contributed by atoms with E-state index in [2.05, 4.69) is 10.6 Å². The van der Waals surface area contributed by atoms with Gasteiger partial charge in [0.15, 0.2) is 0 Å². The molecule has 5 nitrogen and oxygen atoms in total. The number of carbonyl (C=O) groups excluding carboxylic acids is 2. The second-order valence-electron chi connectivity index (χ2n) is 6.47. The molecule has 2 N–H and O–H groups in total. The number of amides is 2. The monoisotopic (exact) mass is 393 g/mol. The smallest absolute Gasteiger partial charge is 0.254 e. The number of rotatable bonds is 8. The molecule has 150 valence electrons. The second-order valence-corrected chi connectivity index (χ2v) is 6.47. The predicted molar refractivity (Wildman–Crippen MR) is 99.1 cm³/mol. The van der Waals surface area contributed by atoms with Gasteiger partial charge in [-0.1, -0.05) is 12.1 Å². The van der Waals surface area contributed by atoms with Gasteiger partial charge in [0.05, 0.1) is 11.6 Å². The lowest BCUT2D eigenvalue weighted by molar-refractivity contribution is -0.121. The Balaban J connectivity index is 1.82. The van der Waals surface area contributed by atoms with Gasteiger partial charge in [0, 0.05) is 25.6 Å². The van der Waals surface area contributed by atoms with Crippen molar-refractivity contribution in [2.75, 3.05) is 27.2 Å². The molecule has 1 unspecified atom stereocenters. The number of benzene rings is 2. The molecule has 0 saturated heterocycles. The van der Waals surface area contributed by atoms with Crippen LogP contribution in [0.1, 0.15) is 28.4 Å². The van der Waals surface area contributed by atoms with Crippen molar-refractivity contribution in [3.8, 4) is 0 Å². The summed E-state index contributed by atoms with van der Waals surface area (Å²) in [6.07, 6.45) is -0.0160. The van der Waals surface area contributed by atoms with Crippen LogP contribution in [0.2, 0.25) is 0 Å². The van der Waals surface area contributed by atoms with Crippen LogP contribution < -0.4 is 10.6 Å². The molecule has 0 aliphatic rings. The van der Waals surface area contributed by atoms with Crippen molar-refractivity contribution in [2.45, 2.75) is 12.5 Å². The lowest BCUT2D eigenvalue weighted by atomic mass is 10.1. The van der Waals surface area contributed by atoms with Crippen molar-refractivity contribution < 1.29 is 22.8 Å². The second kappa shape index (κ2) is 9.89. The van der Waals surface area contributed by atoms with Gasteiger partial charge in [0.25, 0.3) is 5.91 Å². The standard InChI is InChI=1S/C20H22F3N3O2/c1-26(2)18(13-4-3-5-14(21)10-13)12-25-19(27)8-9-24-20(28)16-7-6-15(22)11-17(16)23/h3-7,10-11,18H,8-9,12H2,1-2H3,(H,24,28)(H,25,27). The predicted octanol–water partition coefficient (Wildman–Crippen LogP) is 2.64. The maximum atomic E-state index is 13.6. The Kier molecular flexibility index (Phi) is 7.57. The molecule has 0 saturated carbocycles. The first kappa shape index (κ1) is 21.4. The van der Waals surface area contributed by atoms with Crippen LogP contribution >= 0.6 is 0 Å². The Morgan fingerprint density at radius 2 is 1.71 bits per heavy atom. The van der Waals surface area contributed by atoms with Gasteiger partial charge >= 0.3 is 0 Å². The van der Waals surface area contributed by atoms with Gasteiger partial charge in [0.2, 0.25) is 5.91 Å². The van der Waals surface area contributed by atoms with Gasteiger partial charge in [-0.3, -0.25) is 9.59 Å². The molecule has 8 heteroatoms. The van der Waals surface area contributed by atoms with Gasteiger partial charge in [-0.15, -0.1) is 0 Å². The lowest BCUT2D eigenvalue weighted by Gasteiger charge is -2.25. The molecular formula is C20H22F3N3O2.